The molecule has 5 heteroatoms. The second-order valence-electron chi connectivity index (χ2n) is 1.78. The molecule has 1 N–H and O–H groups in total. The average molecular weight is 220 g/mol. The third kappa shape index (κ3) is 5.35. The van der Waals surface area contributed by atoms with Gasteiger partial charge in [-0.2, -0.15) is 0 Å². The number of benzene rings is 1. The lowest BCUT2D eigenvalue weighted by Gasteiger charge is -1.96. The summed E-state index contributed by atoms with van der Waals surface area (Å²) in [6.07, 6.45) is 0. The van der Waals surface area contributed by atoms with E-state index in [4.69, 9.17) is 9.84 Å². The van der Waals surface area contributed by atoms with Crippen molar-refractivity contribution in [3.8, 4) is 11.5 Å². The fourth-order valence-corrected chi connectivity index (χ4v) is 0.582. The highest BCUT2D eigenvalue weighted by atomic mass is 32.9. The largest absolute Gasteiger partial charge is 0.508 e. The Hall–Kier alpha value is -0.310. The molecular formula is C7H9O2PS2. The Morgan fingerprint density at radius 2 is 1.83 bits per heavy atom. The number of aromatic hydroxyl groups is 1. The third-order valence-corrected chi connectivity index (χ3v) is 1.07. The Kier molecular flexibility index (Phi) is 7.16. The summed E-state index contributed by atoms with van der Waals surface area (Å²) in [6.45, 7) is 0.694. The van der Waals surface area contributed by atoms with Crippen molar-refractivity contribution < 1.29 is 9.84 Å². The molecule has 0 spiro atoms. The van der Waals surface area contributed by atoms with Gasteiger partial charge >= 0.3 is 0 Å². The number of hydrogen-bond acceptors (Lipinski definition) is 3. The third-order valence-electron chi connectivity index (χ3n) is 1.07. The average Bonchev–Trinajstić information content (AvgIpc) is 2.07. The number of rotatable bonds is 1. The molecular weight excluding hydrogens is 211 g/mol. The van der Waals surface area contributed by atoms with E-state index in [0.717, 1.165) is 5.75 Å². The van der Waals surface area contributed by atoms with Gasteiger partial charge in [-0.15, -0.1) is 12.2 Å². The van der Waals surface area contributed by atoms with E-state index in [9.17, 15) is 0 Å². The van der Waals surface area contributed by atoms with Crippen LogP contribution in [0.5, 0.6) is 11.5 Å². The lowest BCUT2D eigenvalue weighted by Crippen LogP contribution is -1.79. The van der Waals surface area contributed by atoms with E-state index in [-0.39, 0.29) is 5.75 Å². The number of methoxy groups -OCH3 is 1. The molecule has 2 nitrogen and oxygen atoms in total. The van der Waals surface area contributed by atoms with Gasteiger partial charge in [-0.1, -0.05) is 0 Å². The van der Waals surface area contributed by atoms with E-state index in [1.807, 2.05) is 0 Å². The van der Waals surface area contributed by atoms with Crippen molar-refractivity contribution in [3.05, 3.63) is 24.3 Å². The molecule has 0 radical (unpaired) electrons. The van der Waals surface area contributed by atoms with Crippen molar-refractivity contribution in [3.63, 3.8) is 0 Å². The first kappa shape index (κ1) is 11.7. The molecule has 1 aromatic rings. The van der Waals surface area contributed by atoms with E-state index in [1.54, 1.807) is 31.4 Å². The molecule has 0 atom stereocenters. The molecule has 0 aliphatic heterocycles. The second kappa shape index (κ2) is 7.35. The van der Waals surface area contributed by atoms with Crippen LogP contribution in [0.25, 0.3) is 0 Å². The summed E-state index contributed by atoms with van der Waals surface area (Å²) in [5, 5.41) is 8.80. The second-order valence-corrected chi connectivity index (χ2v) is 3.90. The highest BCUT2D eigenvalue weighted by Crippen LogP contribution is 2.14. The van der Waals surface area contributed by atoms with Crippen LogP contribution in [0.15, 0.2) is 24.3 Å². The molecule has 0 fully saturated rings. The van der Waals surface area contributed by atoms with Gasteiger partial charge in [0.05, 0.1) is 7.11 Å². The Balaban J connectivity index is 0.000000354. The molecule has 0 aliphatic carbocycles. The Bertz CT molecular complexity index is 225. The highest BCUT2D eigenvalue weighted by molar-refractivity contribution is 8.49. The van der Waals surface area contributed by atoms with Crippen LogP contribution in [-0.4, -0.2) is 12.2 Å². The molecule has 0 bridgehead atoms. The van der Waals surface area contributed by atoms with Gasteiger partial charge in [-0.25, -0.2) is 0 Å². The topological polar surface area (TPSA) is 29.5 Å². The summed E-state index contributed by atoms with van der Waals surface area (Å²) in [6, 6.07) is 6.57. The number of hydrogen-bond donors (Lipinski definition) is 2. The first-order chi connectivity index (χ1) is 5.74. The predicted octanol–water partition coefficient (Wildman–Crippen LogP) is 2.64. The summed E-state index contributed by atoms with van der Waals surface area (Å²) in [4.78, 5) is 0. The van der Waals surface area contributed by atoms with Crippen LogP contribution in [0.3, 0.4) is 0 Å². The summed E-state index contributed by atoms with van der Waals surface area (Å²) in [7, 11) is 1.59. The van der Waals surface area contributed by atoms with Crippen molar-refractivity contribution in [2.24, 2.45) is 0 Å². The van der Waals surface area contributed by atoms with E-state index in [2.05, 4.69) is 24.1 Å². The predicted molar refractivity (Wildman–Crippen MR) is 57.9 cm³/mol. The number of phenolic OH excluding ortho intramolecular Hbond substituents is 1. The maximum Gasteiger partial charge on any atom is 0.119 e. The summed E-state index contributed by atoms with van der Waals surface area (Å²) < 4.78 is 4.86. The molecule has 66 valence electrons. The zero-order valence-corrected chi connectivity index (χ0v) is 9.07. The number of phenols is 1. The minimum absolute atomic E-state index is 0.260. The van der Waals surface area contributed by atoms with Crippen LogP contribution in [-0.2, 0) is 11.8 Å². The van der Waals surface area contributed by atoms with Gasteiger partial charge in [0.2, 0.25) is 0 Å². The zero-order valence-electron chi connectivity index (χ0n) is 6.47. The Morgan fingerprint density at radius 1 is 1.42 bits per heavy atom. The smallest absolute Gasteiger partial charge is 0.119 e. The van der Waals surface area contributed by atoms with Crippen molar-refractivity contribution in [1.29, 1.82) is 0 Å². The molecule has 1 rings (SSSR count). The van der Waals surface area contributed by atoms with Gasteiger partial charge < -0.3 is 9.84 Å². The monoisotopic (exact) mass is 220 g/mol. The van der Waals surface area contributed by atoms with E-state index in [1.165, 1.54) is 0 Å². The summed E-state index contributed by atoms with van der Waals surface area (Å²) in [5.74, 6) is 1.02. The fraction of sp³-hybridized carbons (Fsp3) is 0.143. The molecule has 0 amide bonds. The van der Waals surface area contributed by atoms with E-state index in [0.29, 0.717) is 6.56 Å². The van der Waals surface area contributed by atoms with Crippen molar-refractivity contribution in [2.45, 2.75) is 0 Å². The molecule has 0 saturated carbocycles. The number of ether oxygens (including phenoxy) is 1. The van der Waals surface area contributed by atoms with Crippen LogP contribution in [0.4, 0.5) is 0 Å². The SMILES string of the molecule is COc1ccc(O)cc1.S=PS. The molecule has 0 saturated heterocycles. The zero-order chi connectivity index (χ0) is 9.40. The quantitative estimate of drug-likeness (QED) is 0.563. The van der Waals surface area contributed by atoms with Crippen molar-refractivity contribution in [2.75, 3.05) is 7.11 Å². The highest BCUT2D eigenvalue weighted by Gasteiger charge is 1.87. The molecule has 1 aromatic carbocycles. The Morgan fingerprint density at radius 3 is 2.17 bits per heavy atom. The maximum absolute atomic E-state index is 8.80. The molecule has 0 aliphatic rings. The van der Waals surface area contributed by atoms with Crippen LogP contribution in [0.1, 0.15) is 0 Å². The van der Waals surface area contributed by atoms with E-state index < -0.39 is 0 Å². The first-order valence-corrected chi connectivity index (χ1v) is 6.10. The van der Waals surface area contributed by atoms with Crippen molar-refractivity contribution in [1.82, 2.24) is 0 Å². The van der Waals surface area contributed by atoms with Crippen LogP contribution in [0.2, 0.25) is 0 Å². The van der Waals surface area contributed by atoms with Gasteiger partial charge in [-0.05, 0) is 36.1 Å². The Labute approximate surface area is 83.6 Å². The van der Waals surface area contributed by atoms with Gasteiger partial charge in [0.25, 0.3) is 0 Å². The summed E-state index contributed by atoms with van der Waals surface area (Å²) >= 11 is 7.81. The van der Waals surface area contributed by atoms with Gasteiger partial charge in [0, 0.05) is 6.56 Å². The van der Waals surface area contributed by atoms with Gasteiger partial charge in [-0.3, -0.25) is 0 Å². The lowest BCUT2D eigenvalue weighted by molar-refractivity contribution is 0.412. The standard InChI is InChI=1S/C7H8O2.HPS2/c1-9-7-4-2-6(8)3-5-7;2-1-3/h2-5,8H,1H3;(H,2,3). The lowest BCUT2D eigenvalue weighted by atomic mass is 10.3. The van der Waals surface area contributed by atoms with Crippen molar-refractivity contribution >= 4 is 30.6 Å². The first-order valence-electron chi connectivity index (χ1n) is 3.04. The minimum atomic E-state index is 0.260. The molecule has 0 aromatic heterocycles. The van der Waals surface area contributed by atoms with E-state index >= 15 is 0 Å². The van der Waals surface area contributed by atoms with Crippen LogP contribution in [0, 0.1) is 0 Å². The molecule has 0 unspecified atom stereocenters. The maximum atomic E-state index is 8.80. The van der Waals surface area contributed by atoms with Gasteiger partial charge in [0.1, 0.15) is 11.5 Å². The fourth-order valence-electron chi connectivity index (χ4n) is 0.582. The molecule has 12 heavy (non-hydrogen) atoms. The minimum Gasteiger partial charge on any atom is -0.508 e. The van der Waals surface area contributed by atoms with Crippen LogP contribution < -0.4 is 4.74 Å². The summed E-state index contributed by atoms with van der Waals surface area (Å²) in [5.41, 5.74) is 0. The van der Waals surface area contributed by atoms with Crippen LogP contribution >= 0.6 is 18.8 Å². The normalized spacial score (nSPS) is 8.50. The number of thiol groups is 1. The molecule has 0 heterocycles. The van der Waals surface area contributed by atoms with Gasteiger partial charge in [0.15, 0.2) is 0 Å².